The third-order valence-corrected chi connectivity index (χ3v) is 6.66. The zero-order chi connectivity index (χ0) is 23.2. The minimum atomic E-state index is -0.219. The Hall–Kier alpha value is -3.94. The third-order valence-electron chi connectivity index (χ3n) is 6.66. The molecule has 0 unspecified atom stereocenters. The first-order chi connectivity index (χ1) is 15.9. The highest BCUT2D eigenvalue weighted by Crippen LogP contribution is 2.35. The lowest BCUT2D eigenvalue weighted by Gasteiger charge is -2.39. The van der Waals surface area contributed by atoms with Crippen molar-refractivity contribution in [3.8, 4) is 23.4 Å². The van der Waals surface area contributed by atoms with Crippen LogP contribution in [0.2, 0.25) is 0 Å². The summed E-state index contributed by atoms with van der Waals surface area (Å²) in [6.45, 7) is 6.44. The van der Waals surface area contributed by atoms with E-state index in [0.717, 1.165) is 22.5 Å². The van der Waals surface area contributed by atoms with Crippen molar-refractivity contribution >= 4 is 5.91 Å². The Morgan fingerprint density at radius 2 is 1.88 bits per heavy atom. The lowest BCUT2D eigenvalue weighted by atomic mass is 9.88. The second-order valence-electron chi connectivity index (χ2n) is 9.14. The molecule has 7 heteroatoms. The Bertz CT molecular complexity index is 1320. The van der Waals surface area contributed by atoms with Crippen molar-refractivity contribution < 1.29 is 9.53 Å². The van der Waals surface area contributed by atoms with E-state index in [2.05, 4.69) is 29.0 Å². The molecule has 0 aliphatic carbocycles. The minimum Gasteiger partial charge on any atom is -0.379 e. The van der Waals surface area contributed by atoms with Gasteiger partial charge in [0.05, 0.1) is 36.0 Å². The quantitative estimate of drug-likeness (QED) is 0.671. The predicted octanol–water partition coefficient (Wildman–Crippen LogP) is 3.66. The van der Waals surface area contributed by atoms with E-state index >= 15 is 0 Å². The number of aromatic nitrogens is 2. The molecule has 1 amide bonds. The minimum absolute atomic E-state index is 0.0289. The fourth-order valence-corrected chi connectivity index (χ4v) is 4.37. The van der Waals surface area contributed by atoms with Crippen molar-refractivity contribution in [3.63, 3.8) is 0 Å². The molecule has 1 N–H and O–H groups in total. The fourth-order valence-electron chi connectivity index (χ4n) is 4.37. The first-order valence-corrected chi connectivity index (χ1v) is 10.9. The van der Waals surface area contributed by atoms with Crippen LogP contribution in [-0.4, -0.2) is 47.1 Å². The van der Waals surface area contributed by atoms with Crippen LogP contribution in [0.25, 0.3) is 11.3 Å². The second-order valence-corrected chi connectivity index (χ2v) is 9.14. The molecule has 3 heterocycles. The molecule has 164 valence electrons. The van der Waals surface area contributed by atoms with E-state index in [1.807, 2.05) is 54.3 Å². The molecule has 2 aliphatic rings. The van der Waals surface area contributed by atoms with Crippen LogP contribution in [0.1, 0.15) is 51.4 Å². The Balaban J connectivity index is 1.37. The summed E-state index contributed by atoms with van der Waals surface area (Å²) in [5, 5.41) is 18.6. The van der Waals surface area contributed by atoms with Gasteiger partial charge in [-0.15, -0.1) is 0 Å². The van der Waals surface area contributed by atoms with Crippen molar-refractivity contribution in [1.82, 2.24) is 14.9 Å². The molecule has 0 radical (unpaired) electrons. The van der Waals surface area contributed by atoms with Crippen LogP contribution in [0, 0.1) is 29.6 Å². The average molecular weight is 438 g/mol. The van der Waals surface area contributed by atoms with Crippen LogP contribution < -0.4 is 0 Å². The number of carbonyl (C=O) groups is 1. The summed E-state index contributed by atoms with van der Waals surface area (Å²) in [5.74, 6) is 0.987. The normalized spacial score (nSPS) is 16.9. The van der Waals surface area contributed by atoms with Crippen molar-refractivity contribution in [2.45, 2.75) is 25.2 Å². The van der Waals surface area contributed by atoms with E-state index in [-0.39, 0.29) is 17.2 Å². The average Bonchev–Trinajstić information content (AvgIpc) is 3.21. The Morgan fingerprint density at radius 1 is 1.15 bits per heavy atom. The largest absolute Gasteiger partial charge is 0.379 e. The van der Waals surface area contributed by atoms with Gasteiger partial charge in [0.15, 0.2) is 5.69 Å². The highest BCUT2D eigenvalue weighted by molar-refractivity contribution is 5.96. The van der Waals surface area contributed by atoms with Gasteiger partial charge < -0.3 is 14.6 Å². The number of imidazole rings is 1. The number of ether oxygens (including phenoxy) is 1. The van der Waals surface area contributed by atoms with E-state index in [9.17, 15) is 10.1 Å². The lowest BCUT2D eigenvalue weighted by Crippen LogP contribution is -2.48. The third kappa shape index (κ3) is 3.57. The number of hydrogen-bond acceptors (Lipinski definition) is 5. The summed E-state index contributed by atoms with van der Waals surface area (Å²) in [6.07, 6.45) is 0. The molecule has 0 atom stereocenters. The summed E-state index contributed by atoms with van der Waals surface area (Å²) in [4.78, 5) is 22.8. The van der Waals surface area contributed by atoms with Gasteiger partial charge in [-0.05, 0) is 49.2 Å². The molecule has 1 aromatic heterocycles. The standard InChI is InChI=1S/C26H23N5O2/c1-16-3-6-19(24(32)31-12-20(13-31)18-7-4-17(10-27)5-8-18)9-21(16)23-22(11-28)29-25(30-23)26(2)14-33-15-26/h3-9,20H,12-15H2,1-2H3,(H,29,30). The number of aromatic amines is 1. The van der Waals surface area contributed by atoms with Gasteiger partial charge in [-0.2, -0.15) is 10.5 Å². The van der Waals surface area contributed by atoms with E-state index in [0.29, 0.717) is 48.8 Å². The molecule has 2 aliphatic heterocycles. The number of amides is 1. The van der Waals surface area contributed by atoms with Gasteiger partial charge in [-0.25, -0.2) is 4.98 Å². The number of H-pyrrole nitrogens is 1. The van der Waals surface area contributed by atoms with Crippen molar-refractivity contribution in [3.05, 3.63) is 76.2 Å². The lowest BCUT2D eigenvalue weighted by molar-refractivity contribution is -0.0539. The molecule has 2 saturated heterocycles. The maximum atomic E-state index is 13.1. The molecule has 0 spiro atoms. The Morgan fingerprint density at radius 3 is 2.48 bits per heavy atom. The number of nitrogens with zero attached hydrogens (tertiary/aromatic N) is 4. The van der Waals surface area contributed by atoms with Gasteiger partial charge in [0.1, 0.15) is 11.9 Å². The molecule has 3 aromatic rings. The molecule has 0 bridgehead atoms. The zero-order valence-corrected chi connectivity index (χ0v) is 18.6. The van der Waals surface area contributed by atoms with Crippen molar-refractivity contribution in [2.24, 2.45) is 0 Å². The molecule has 0 saturated carbocycles. The summed E-state index contributed by atoms with van der Waals surface area (Å²) in [7, 11) is 0. The second kappa shape index (κ2) is 7.88. The topological polar surface area (TPSA) is 106 Å². The van der Waals surface area contributed by atoms with Gasteiger partial charge in [-0.1, -0.05) is 18.2 Å². The summed E-state index contributed by atoms with van der Waals surface area (Å²) in [6, 6.07) is 17.5. The van der Waals surface area contributed by atoms with Crippen molar-refractivity contribution in [2.75, 3.05) is 26.3 Å². The SMILES string of the molecule is Cc1ccc(C(=O)N2CC(c3ccc(C#N)cc3)C2)cc1-c1[nH]c(C2(C)COC2)nc1C#N. The van der Waals surface area contributed by atoms with Crippen LogP contribution >= 0.6 is 0 Å². The monoisotopic (exact) mass is 437 g/mol. The van der Waals surface area contributed by atoms with Crippen LogP contribution in [0.5, 0.6) is 0 Å². The predicted molar refractivity (Wildman–Crippen MR) is 121 cm³/mol. The Kier molecular flexibility index (Phi) is 5.00. The maximum absolute atomic E-state index is 13.1. The fraction of sp³-hybridized carbons (Fsp3) is 0.308. The molecule has 7 nitrogen and oxygen atoms in total. The highest BCUT2D eigenvalue weighted by Gasteiger charge is 2.39. The number of hydrogen-bond donors (Lipinski definition) is 1. The Labute approximate surface area is 192 Å². The number of likely N-dealkylation sites (tertiary alicyclic amines) is 1. The van der Waals surface area contributed by atoms with Gasteiger partial charge in [0, 0.05) is 30.1 Å². The first-order valence-electron chi connectivity index (χ1n) is 10.9. The number of aryl methyl sites for hydroxylation is 1. The van der Waals surface area contributed by atoms with Crippen molar-refractivity contribution in [1.29, 1.82) is 10.5 Å². The van der Waals surface area contributed by atoms with E-state index in [1.54, 1.807) is 0 Å². The van der Waals surface area contributed by atoms with Gasteiger partial charge in [-0.3, -0.25) is 4.79 Å². The summed E-state index contributed by atoms with van der Waals surface area (Å²) < 4.78 is 5.35. The van der Waals surface area contributed by atoms with Crippen LogP contribution in [0.3, 0.4) is 0 Å². The molecule has 2 fully saturated rings. The summed E-state index contributed by atoms with van der Waals surface area (Å²) in [5.41, 5.74) is 4.89. The highest BCUT2D eigenvalue weighted by atomic mass is 16.5. The van der Waals surface area contributed by atoms with E-state index in [1.165, 1.54) is 0 Å². The number of nitrogens with one attached hydrogen (secondary N) is 1. The molecule has 2 aromatic carbocycles. The first kappa shape index (κ1) is 20.9. The van der Waals surface area contributed by atoms with Crippen LogP contribution in [0.4, 0.5) is 0 Å². The number of benzene rings is 2. The van der Waals surface area contributed by atoms with Crippen LogP contribution in [0.15, 0.2) is 42.5 Å². The van der Waals surface area contributed by atoms with Crippen LogP contribution in [-0.2, 0) is 10.2 Å². The van der Waals surface area contributed by atoms with Gasteiger partial charge in [0.2, 0.25) is 0 Å². The molecule has 5 rings (SSSR count). The maximum Gasteiger partial charge on any atom is 0.253 e. The molecule has 33 heavy (non-hydrogen) atoms. The smallest absolute Gasteiger partial charge is 0.253 e. The van der Waals surface area contributed by atoms with Gasteiger partial charge in [0.25, 0.3) is 5.91 Å². The zero-order valence-electron chi connectivity index (χ0n) is 18.6. The van der Waals surface area contributed by atoms with E-state index < -0.39 is 0 Å². The number of rotatable bonds is 4. The van der Waals surface area contributed by atoms with E-state index in [4.69, 9.17) is 10.00 Å². The van der Waals surface area contributed by atoms with Gasteiger partial charge >= 0.3 is 0 Å². The number of nitriles is 2. The summed E-state index contributed by atoms with van der Waals surface area (Å²) >= 11 is 0. The number of carbonyl (C=O) groups excluding carboxylic acids is 1. The molecular formula is C26H23N5O2. The molecular weight excluding hydrogens is 414 g/mol.